The Labute approximate surface area is 114 Å². The molecule has 19 heavy (non-hydrogen) atoms. The maximum atomic E-state index is 10.3. The van der Waals surface area contributed by atoms with Crippen LogP contribution in [0.25, 0.3) is 0 Å². The Hall–Kier alpha value is -1.55. The number of aromatic carboxylic acids is 1. The van der Waals surface area contributed by atoms with Gasteiger partial charge in [0.15, 0.2) is 0 Å². The molecule has 1 aromatic rings. The number of benzene rings is 1. The molecule has 0 atom stereocenters. The summed E-state index contributed by atoms with van der Waals surface area (Å²) >= 11 is 0. The van der Waals surface area contributed by atoms with Crippen LogP contribution >= 0.6 is 0 Å². The molecule has 0 spiro atoms. The predicted octanol–water partition coefficient (Wildman–Crippen LogP) is 3.43. The second-order valence-corrected chi connectivity index (χ2v) is 4.31. The molecular formula is C15H24O4. The van der Waals surface area contributed by atoms with E-state index in [2.05, 4.69) is 6.92 Å². The highest BCUT2D eigenvalue weighted by atomic mass is 16.4. The number of carbonyl (C=O) groups is 1. The SMILES string of the molecule is CCCCCCCCO.O=C(O)c1ccccc1O. The molecule has 0 fully saturated rings. The third-order valence-corrected chi connectivity index (χ3v) is 2.65. The van der Waals surface area contributed by atoms with Crippen LogP contribution in [0.15, 0.2) is 24.3 Å². The van der Waals surface area contributed by atoms with Gasteiger partial charge in [-0.3, -0.25) is 0 Å². The van der Waals surface area contributed by atoms with Gasteiger partial charge in [0, 0.05) is 6.61 Å². The monoisotopic (exact) mass is 268 g/mol. The average Bonchev–Trinajstić information content (AvgIpc) is 2.40. The van der Waals surface area contributed by atoms with E-state index in [9.17, 15) is 4.79 Å². The molecule has 0 amide bonds. The maximum Gasteiger partial charge on any atom is 0.339 e. The van der Waals surface area contributed by atoms with Crippen LogP contribution in [-0.2, 0) is 0 Å². The van der Waals surface area contributed by atoms with E-state index in [0.29, 0.717) is 6.61 Å². The third-order valence-electron chi connectivity index (χ3n) is 2.65. The van der Waals surface area contributed by atoms with Crippen molar-refractivity contribution in [2.24, 2.45) is 0 Å². The Morgan fingerprint density at radius 1 is 1.05 bits per heavy atom. The van der Waals surface area contributed by atoms with Crippen molar-refractivity contribution >= 4 is 5.97 Å². The highest BCUT2D eigenvalue weighted by molar-refractivity contribution is 5.90. The number of hydrogen-bond acceptors (Lipinski definition) is 3. The molecule has 1 rings (SSSR count). The van der Waals surface area contributed by atoms with Crippen LogP contribution in [0.2, 0.25) is 0 Å². The van der Waals surface area contributed by atoms with Gasteiger partial charge in [0.25, 0.3) is 0 Å². The summed E-state index contributed by atoms with van der Waals surface area (Å²) in [7, 11) is 0. The summed E-state index contributed by atoms with van der Waals surface area (Å²) in [6.45, 7) is 2.58. The average molecular weight is 268 g/mol. The van der Waals surface area contributed by atoms with Gasteiger partial charge < -0.3 is 15.3 Å². The highest BCUT2D eigenvalue weighted by Crippen LogP contribution is 2.14. The molecule has 1 aromatic carbocycles. The fourth-order valence-electron chi connectivity index (χ4n) is 1.55. The Morgan fingerprint density at radius 3 is 2.11 bits per heavy atom. The maximum absolute atomic E-state index is 10.3. The van der Waals surface area contributed by atoms with Crippen LogP contribution < -0.4 is 0 Å². The standard InChI is InChI=1S/C8H18O.C7H6O3/c1-2-3-4-5-6-7-8-9;8-6-4-2-1-3-5(6)7(9)10/h9H,2-8H2,1H3;1-4,8H,(H,9,10). The van der Waals surface area contributed by atoms with E-state index in [4.69, 9.17) is 15.3 Å². The van der Waals surface area contributed by atoms with Gasteiger partial charge in [-0.1, -0.05) is 51.2 Å². The molecule has 0 radical (unpaired) electrons. The van der Waals surface area contributed by atoms with Crippen LogP contribution in [0.4, 0.5) is 0 Å². The van der Waals surface area contributed by atoms with E-state index in [1.165, 1.54) is 44.2 Å². The Kier molecular flexibility index (Phi) is 10.6. The number of aliphatic hydroxyl groups is 1. The van der Waals surface area contributed by atoms with Crippen LogP contribution in [0.3, 0.4) is 0 Å². The summed E-state index contributed by atoms with van der Waals surface area (Å²) < 4.78 is 0. The van der Waals surface area contributed by atoms with Crippen molar-refractivity contribution in [1.29, 1.82) is 0 Å². The first kappa shape index (κ1) is 17.4. The minimum absolute atomic E-state index is 0.0671. The summed E-state index contributed by atoms with van der Waals surface area (Å²) in [5.41, 5.74) is -0.0671. The molecule has 4 heteroatoms. The summed E-state index contributed by atoms with van der Waals surface area (Å²) in [5.74, 6) is -1.31. The molecule has 0 saturated carbocycles. The predicted molar refractivity (Wildman–Crippen MR) is 75.5 cm³/mol. The Balaban J connectivity index is 0.000000344. The van der Waals surface area contributed by atoms with Gasteiger partial charge in [0.2, 0.25) is 0 Å². The first-order valence-corrected chi connectivity index (χ1v) is 6.75. The van der Waals surface area contributed by atoms with Crippen molar-refractivity contribution in [3.8, 4) is 5.75 Å². The zero-order chi connectivity index (χ0) is 14.5. The zero-order valence-electron chi connectivity index (χ0n) is 11.5. The number of carboxylic acid groups (broad SMARTS) is 1. The van der Waals surface area contributed by atoms with Gasteiger partial charge in [0.05, 0.1) is 0 Å². The van der Waals surface area contributed by atoms with Gasteiger partial charge in [-0.05, 0) is 18.6 Å². The van der Waals surface area contributed by atoms with E-state index in [0.717, 1.165) is 6.42 Å². The fraction of sp³-hybridized carbons (Fsp3) is 0.533. The number of phenols is 1. The summed E-state index contributed by atoms with van der Waals surface area (Å²) in [6, 6.07) is 5.81. The van der Waals surface area contributed by atoms with Crippen LogP contribution in [0.5, 0.6) is 5.75 Å². The molecule has 0 bridgehead atoms. The molecule has 0 aliphatic rings. The zero-order valence-corrected chi connectivity index (χ0v) is 11.5. The third kappa shape index (κ3) is 9.08. The molecule has 108 valence electrons. The van der Waals surface area contributed by atoms with E-state index in [-0.39, 0.29) is 11.3 Å². The quantitative estimate of drug-likeness (QED) is 0.662. The van der Waals surface area contributed by atoms with Crippen molar-refractivity contribution in [2.75, 3.05) is 6.61 Å². The first-order valence-electron chi connectivity index (χ1n) is 6.75. The second kappa shape index (κ2) is 11.5. The van der Waals surface area contributed by atoms with Crippen molar-refractivity contribution in [2.45, 2.75) is 45.4 Å². The molecule has 0 unspecified atom stereocenters. The molecule has 0 aliphatic carbocycles. The van der Waals surface area contributed by atoms with Crippen molar-refractivity contribution < 1.29 is 20.1 Å². The van der Waals surface area contributed by atoms with Gasteiger partial charge in [-0.15, -0.1) is 0 Å². The summed E-state index contributed by atoms with van der Waals surface area (Å²) in [4.78, 5) is 10.3. The molecule has 0 aromatic heterocycles. The minimum Gasteiger partial charge on any atom is -0.507 e. The van der Waals surface area contributed by atoms with Gasteiger partial charge in [-0.2, -0.15) is 0 Å². The fourth-order valence-corrected chi connectivity index (χ4v) is 1.55. The number of unbranched alkanes of at least 4 members (excludes halogenated alkanes) is 5. The normalized spacial score (nSPS) is 9.58. The largest absolute Gasteiger partial charge is 0.507 e. The molecule has 0 aliphatic heterocycles. The smallest absolute Gasteiger partial charge is 0.339 e. The van der Waals surface area contributed by atoms with Crippen molar-refractivity contribution in [1.82, 2.24) is 0 Å². The highest BCUT2D eigenvalue weighted by Gasteiger charge is 2.05. The van der Waals surface area contributed by atoms with E-state index in [1.807, 2.05) is 0 Å². The number of rotatable bonds is 7. The molecule has 4 nitrogen and oxygen atoms in total. The number of carboxylic acids is 1. The lowest BCUT2D eigenvalue weighted by atomic mass is 10.1. The van der Waals surface area contributed by atoms with Gasteiger partial charge in [0.1, 0.15) is 11.3 Å². The molecule has 0 heterocycles. The second-order valence-electron chi connectivity index (χ2n) is 4.31. The minimum atomic E-state index is -1.11. The van der Waals surface area contributed by atoms with Crippen LogP contribution in [-0.4, -0.2) is 27.9 Å². The van der Waals surface area contributed by atoms with E-state index in [1.54, 1.807) is 12.1 Å². The summed E-state index contributed by atoms with van der Waals surface area (Å²) in [6.07, 6.45) is 7.50. The first-order chi connectivity index (χ1) is 9.13. The summed E-state index contributed by atoms with van der Waals surface area (Å²) in [5, 5.41) is 25.7. The van der Waals surface area contributed by atoms with Crippen LogP contribution in [0.1, 0.15) is 55.8 Å². The van der Waals surface area contributed by atoms with Crippen LogP contribution in [0, 0.1) is 0 Å². The molecular weight excluding hydrogens is 244 g/mol. The topological polar surface area (TPSA) is 77.8 Å². The number of para-hydroxylation sites is 1. The van der Waals surface area contributed by atoms with Gasteiger partial charge in [-0.25, -0.2) is 4.79 Å². The van der Waals surface area contributed by atoms with E-state index >= 15 is 0 Å². The lowest BCUT2D eigenvalue weighted by molar-refractivity contribution is 0.0693. The van der Waals surface area contributed by atoms with E-state index < -0.39 is 5.97 Å². The molecule has 3 N–H and O–H groups in total. The molecule has 0 saturated heterocycles. The Bertz CT molecular complexity index is 344. The lowest BCUT2D eigenvalue weighted by Gasteiger charge is -1.95. The van der Waals surface area contributed by atoms with Crippen molar-refractivity contribution in [3.05, 3.63) is 29.8 Å². The Morgan fingerprint density at radius 2 is 1.63 bits per heavy atom. The number of aliphatic hydroxyl groups excluding tert-OH is 1. The number of aromatic hydroxyl groups is 1. The number of hydrogen-bond donors (Lipinski definition) is 3. The van der Waals surface area contributed by atoms with Crippen molar-refractivity contribution in [3.63, 3.8) is 0 Å². The lowest BCUT2D eigenvalue weighted by Crippen LogP contribution is -1.95. The van der Waals surface area contributed by atoms with Gasteiger partial charge >= 0.3 is 5.97 Å².